The molecule has 8 atom stereocenters. The molecule has 7 rings (SSSR count). The van der Waals surface area contributed by atoms with Crippen LogP contribution in [-0.4, -0.2) is 150 Å². The van der Waals surface area contributed by atoms with Crippen molar-refractivity contribution in [1.29, 1.82) is 0 Å². The molecule has 76 heavy (non-hydrogen) atoms. The van der Waals surface area contributed by atoms with Crippen LogP contribution in [0.5, 0.6) is 0 Å². The number of amides is 7. The number of rotatable bonds is 25. The Hall–Kier alpha value is -8.57. The highest BCUT2D eigenvalue weighted by Crippen LogP contribution is 2.25. The van der Waals surface area contributed by atoms with Gasteiger partial charge in [-0.05, 0) is 60.1 Å². The number of aromatic amines is 3. The number of carbonyl (C=O) groups excluding carboxylic acids is 7. The molecule has 1 aliphatic heterocycles. The van der Waals surface area contributed by atoms with Crippen molar-refractivity contribution in [2.45, 2.75) is 101 Å². The Morgan fingerprint density at radius 3 is 1.70 bits per heavy atom. The van der Waals surface area contributed by atoms with Gasteiger partial charge in [0.2, 0.25) is 41.4 Å². The van der Waals surface area contributed by atoms with Gasteiger partial charge in [0, 0.05) is 70.7 Å². The fourth-order valence-electron chi connectivity index (χ4n) is 9.45. The number of benzene rings is 3. The van der Waals surface area contributed by atoms with Crippen molar-refractivity contribution in [3.05, 3.63) is 108 Å². The maximum atomic E-state index is 14.8. The van der Waals surface area contributed by atoms with Crippen LogP contribution in [-0.2, 0) is 62.4 Å². The van der Waals surface area contributed by atoms with E-state index in [1.54, 1.807) is 49.8 Å². The van der Waals surface area contributed by atoms with Crippen LogP contribution in [0, 0.1) is 5.92 Å². The van der Waals surface area contributed by atoms with Gasteiger partial charge in [-0.3, -0.25) is 38.4 Å². The van der Waals surface area contributed by atoms with Crippen molar-refractivity contribution in [3.63, 3.8) is 0 Å². The zero-order chi connectivity index (χ0) is 54.6. The van der Waals surface area contributed by atoms with E-state index in [4.69, 9.17) is 5.73 Å². The number of carbonyl (C=O) groups is 9. The molecule has 1 fully saturated rings. The van der Waals surface area contributed by atoms with Gasteiger partial charge in [0.1, 0.15) is 36.3 Å². The van der Waals surface area contributed by atoms with Crippen molar-refractivity contribution in [3.8, 4) is 0 Å². The average molecular weight is 1050 g/mol. The number of fused-ring (bicyclic) bond motifs is 3. The normalized spacial score (nSPS) is 16.2. The topological polar surface area (TPSA) is 363 Å². The van der Waals surface area contributed by atoms with Crippen molar-refractivity contribution in [2.75, 3.05) is 19.7 Å². The Kier molecular flexibility index (Phi) is 18.2. The molecule has 23 nitrogen and oxygen atoms in total. The number of nitrogens with zero attached hydrogens (tertiary/aromatic N) is 1. The molecule has 402 valence electrons. The zero-order valence-electron chi connectivity index (χ0n) is 41.9. The van der Waals surface area contributed by atoms with Gasteiger partial charge in [-0.2, -0.15) is 0 Å². The second kappa shape index (κ2) is 25.1. The van der Waals surface area contributed by atoms with Crippen LogP contribution < -0.4 is 37.6 Å². The van der Waals surface area contributed by atoms with Crippen LogP contribution in [0.25, 0.3) is 32.7 Å². The first kappa shape index (κ1) is 55.2. The first-order valence-electron chi connectivity index (χ1n) is 25.0. The van der Waals surface area contributed by atoms with E-state index >= 15 is 0 Å². The number of hydrogen-bond acceptors (Lipinski definition) is 11. The molecule has 0 bridgehead atoms. The van der Waals surface area contributed by atoms with Gasteiger partial charge in [-0.1, -0.05) is 74.9 Å². The van der Waals surface area contributed by atoms with Crippen LogP contribution in [0.3, 0.4) is 0 Å². The van der Waals surface area contributed by atoms with Gasteiger partial charge in [0.15, 0.2) is 0 Å². The molecule has 3 aromatic carbocycles. The molecule has 0 aliphatic carbocycles. The van der Waals surface area contributed by atoms with Crippen molar-refractivity contribution in [1.82, 2.24) is 51.8 Å². The maximum absolute atomic E-state index is 14.8. The molecular weight excluding hydrogens is 983 g/mol. The number of H-pyrrole nitrogens is 3. The predicted molar refractivity (Wildman–Crippen MR) is 278 cm³/mol. The molecule has 0 saturated carbocycles. The quantitative estimate of drug-likeness (QED) is 0.0375. The minimum absolute atomic E-state index is 0.0394. The monoisotopic (exact) mass is 1050 g/mol. The van der Waals surface area contributed by atoms with E-state index in [1.165, 1.54) is 4.90 Å². The lowest BCUT2D eigenvalue weighted by atomic mass is 9.96. The Bertz CT molecular complexity index is 3110. The SMILES string of the molecule is CC[C@H](C)[C@H](NC(=O)[C@@H](N)Cc1c[nH]c2ccccc12)C(=O)N[C@@H](Cc1c[nH]c2ccccc12)C(=O)N1CCC[C@H]1C(=O)N[C@@H](CC(=O)O)C(=O)N[C@@H](CO)C(=O)NCC(=O)N[C@@H](Cc1c[nH]c2ccccc12)C(=O)O. The number of nitrogens with one attached hydrogen (secondary N) is 9. The second-order valence-electron chi connectivity index (χ2n) is 19.0. The largest absolute Gasteiger partial charge is 0.481 e. The van der Waals surface area contributed by atoms with Crippen LogP contribution >= 0.6 is 0 Å². The van der Waals surface area contributed by atoms with Crippen LogP contribution in [0.1, 0.15) is 56.2 Å². The number of hydrogen-bond donors (Lipinski definition) is 13. The summed E-state index contributed by atoms with van der Waals surface area (Å²) in [4.78, 5) is 131. The number of aliphatic hydroxyl groups is 1. The Morgan fingerprint density at radius 2 is 1.17 bits per heavy atom. The third-order valence-corrected chi connectivity index (χ3v) is 13.8. The van der Waals surface area contributed by atoms with Gasteiger partial charge in [0.05, 0.1) is 25.6 Å². The van der Waals surface area contributed by atoms with E-state index < -0.39 is 121 Å². The molecule has 23 heteroatoms. The van der Waals surface area contributed by atoms with E-state index in [-0.39, 0.29) is 32.2 Å². The molecule has 4 heterocycles. The smallest absolute Gasteiger partial charge is 0.326 e. The summed E-state index contributed by atoms with van der Waals surface area (Å²) < 4.78 is 0. The van der Waals surface area contributed by atoms with Gasteiger partial charge < -0.3 is 72.8 Å². The number of carboxylic acid groups (broad SMARTS) is 2. The maximum Gasteiger partial charge on any atom is 0.326 e. The first-order valence-corrected chi connectivity index (χ1v) is 25.0. The van der Waals surface area contributed by atoms with Gasteiger partial charge in [0.25, 0.3) is 0 Å². The molecule has 1 saturated heterocycles. The van der Waals surface area contributed by atoms with E-state index in [0.29, 0.717) is 24.0 Å². The lowest BCUT2D eigenvalue weighted by Crippen LogP contribution is -2.60. The summed E-state index contributed by atoms with van der Waals surface area (Å²) in [5, 5.41) is 47.0. The van der Waals surface area contributed by atoms with Crippen LogP contribution in [0.2, 0.25) is 0 Å². The minimum Gasteiger partial charge on any atom is -0.481 e. The predicted octanol–water partition coefficient (Wildman–Crippen LogP) is 0.615. The molecular formula is C53H63N11O12. The lowest BCUT2D eigenvalue weighted by molar-refractivity contribution is -0.144. The number of aromatic nitrogens is 3. The van der Waals surface area contributed by atoms with Crippen LogP contribution in [0.15, 0.2) is 91.4 Å². The summed E-state index contributed by atoms with van der Waals surface area (Å²) in [6.45, 7) is 1.87. The molecule has 0 spiro atoms. The third kappa shape index (κ3) is 13.4. The highest BCUT2D eigenvalue weighted by molar-refractivity contribution is 5.99. The molecule has 6 aromatic rings. The van der Waals surface area contributed by atoms with Gasteiger partial charge >= 0.3 is 11.9 Å². The Balaban J connectivity index is 1.01. The van der Waals surface area contributed by atoms with E-state index in [0.717, 1.165) is 38.3 Å². The van der Waals surface area contributed by atoms with Gasteiger partial charge in [-0.25, -0.2) is 4.79 Å². The fourth-order valence-corrected chi connectivity index (χ4v) is 9.45. The molecule has 3 aromatic heterocycles. The number of para-hydroxylation sites is 3. The van der Waals surface area contributed by atoms with Crippen molar-refractivity contribution < 1.29 is 58.5 Å². The van der Waals surface area contributed by atoms with Crippen LogP contribution in [0.4, 0.5) is 0 Å². The fraction of sp³-hybridized carbons (Fsp3) is 0.377. The number of aliphatic carboxylic acids is 2. The highest BCUT2D eigenvalue weighted by Gasteiger charge is 2.41. The Labute approximate surface area is 435 Å². The van der Waals surface area contributed by atoms with E-state index in [9.17, 15) is 58.5 Å². The lowest BCUT2D eigenvalue weighted by Gasteiger charge is -2.31. The number of nitrogens with two attached hydrogens (primary N) is 1. The molecule has 7 amide bonds. The minimum atomic E-state index is -1.84. The number of likely N-dealkylation sites (tertiary alicyclic amines) is 1. The molecule has 14 N–H and O–H groups in total. The van der Waals surface area contributed by atoms with Crippen molar-refractivity contribution >= 4 is 86.0 Å². The summed E-state index contributed by atoms with van der Waals surface area (Å²) in [6, 6.07) is 12.3. The first-order chi connectivity index (χ1) is 36.5. The standard InChI is InChI=1S/C53H63N11O12/c1-3-28(2)46(63-47(69)35(54)19-29-23-55-36-14-7-4-11-32(29)36)51(73)61-40(20-30-24-56-37-15-8-5-12-33(30)37)52(74)64-18-10-17-43(64)50(72)60-39(22-45(67)68)49(71)62-42(27-65)48(70)58-26-44(66)59-41(53(75)76)21-31-25-57-38-16-9-6-13-34(31)38/h4-9,11-16,23-25,28,35,39-43,46,55-57,65H,3,10,17-22,26-27,54H2,1-2H3,(H,58,70)(H,59,66)(H,60,72)(H,61,73)(H,62,71)(H,63,69)(H,67,68)(H,75,76)/t28-,35-,39-,40-,41-,42-,43-,46-/m0/s1. The molecule has 0 unspecified atom stereocenters. The summed E-state index contributed by atoms with van der Waals surface area (Å²) >= 11 is 0. The third-order valence-electron chi connectivity index (χ3n) is 13.8. The Morgan fingerprint density at radius 1 is 0.645 bits per heavy atom. The summed E-state index contributed by atoms with van der Waals surface area (Å²) in [6.07, 6.45) is 5.00. The van der Waals surface area contributed by atoms with Gasteiger partial charge in [-0.15, -0.1) is 0 Å². The number of carboxylic acids is 2. The highest BCUT2D eigenvalue weighted by atomic mass is 16.4. The summed E-state index contributed by atoms with van der Waals surface area (Å²) in [7, 11) is 0. The summed E-state index contributed by atoms with van der Waals surface area (Å²) in [5.74, 6) is -9.32. The molecule has 0 radical (unpaired) electrons. The van der Waals surface area contributed by atoms with E-state index in [1.807, 2.05) is 55.5 Å². The summed E-state index contributed by atoms with van der Waals surface area (Å²) in [5.41, 5.74) is 10.9. The average Bonchev–Trinajstić information content (AvgIpc) is 4.24. The number of aliphatic hydroxyl groups excluding tert-OH is 1. The molecule has 1 aliphatic rings. The van der Waals surface area contributed by atoms with E-state index in [2.05, 4.69) is 46.9 Å². The van der Waals surface area contributed by atoms with Crippen molar-refractivity contribution in [2.24, 2.45) is 11.7 Å². The zero-order valence-corrected chi connectivity index (χ0v) is 41.9. The second-order valence-corrected chi connectivity index (χ2v) is 19.0.